The maximum absolute atomic E-state index is 12.7. The van der Waals surface area contributed by atoms with Gasteiger partial charge in [0.05, 0.1) is 5.92 Å². The number of halogens is 3. The molecule has 2 fully saturated rings. The monoisotopic (exact) mass is 348 g/mol. The fraction of sp³-hybridized carbons (Fsp3) is 0.882. The van der Waals surface area contributed by atoms with Crippen molar-refractivity contribution >= 4 is 11.8 Å². The van der Waals surface area contributed by atoms with Crippen molar-refractivity contribution in [1.82, 2.24) is 10.2 Å². The Morgan fingerprint density at radius 1 is 1.12 bits per heavy atom. The number of hydrogen-bond acceptors (Lipinski definition) is 2. The van der Waals surface area contributed by atoms with Crippen molar-refractivity contribution < 1.29 is 22.8 Å². The van der Waals surface area contributed by atoms with E-state index in [1.807, 2.05) is 0 Å². The maximum atomic E-state index is 12.7. The Balaban J connectivity index is 1.77. The number of likely N-dealkylation sites (tertiary alicyclic amines) is 1. The standard InChI is InChI=1S/C17H27F3N2O2/c1-2-15(23)21-14-4-3-9-22(11-14)16(24)10-12-5-7-13(8-6-12)17(18,19)20/h12-14H,2-11H2,1H3,(H,21,23)/t12?,13?,14-/m1/s1. The minimum atomic E-state index is -4.10. The van der Waals surface area contributed by atoms with Gasteiger partial charge in [-0.25, -0.2) is 0 Å². The van der Waals surface area contributed by atoms with E-state index in [-0.39, 0.29) is 36.6 Å². The number of rotatable bonds is 4. The van der Waals surface area contributed by atoms with Gasteiger partial charge in [-0.3, -0.25) is 9.59 Å². The first-order valence-electron chi connectivity index (χ1n) is 8.93. The molecule has 1 aliphatic heterocycles. The van der Waals surface area contributed by atoms with E-state index in [4.69, 9.17) is 0 Å². The predicted molar refractivity (Wildman–Crippen MR) is 84.2 cm³/mol. The lowest BCUT2D eigenvalue weighted by atomic mass is 9.80. The highest BCUT2D eigenvalue weighted by Gasteiger charge is 2.41. The summed E-state index contributed by atoms with van der Waals surface area (Å²) in [6.45, 7) is 2.98. The molecule has 0 aromatic heterocycles. The molecule has 0 bridgehead atoms. The van der Waals surface area contributed by atoms with E-state index in [1.54, 1.807) is 11.8 Å². The van der Waals surface area contributed by atoms with Crippen LogP contribution in [0.1, 0.15) is 58.3 Å². The van der Waals surface area contributed by atoms with Crippen molar-refractivity contribution in [1.29, 1.82) is 0 Å². The number of nitrogens with one attached hydrogen (secondary N) is 1. The smallest absolute Gasteiger partial charge is 0.352 e. The number of piperidine rings is 1. The molecule has 1 aliphatic carbocycles. The molecule has 0 spiro atoms. The molecule has 0 aromatic carbocycles. The number of hydrogen-bond donors (Lipinski definition) is 1. The summed E-state index contributed by atoms with van der Waals surface area (Å²) in [5, 5.41) is 2.92. The summed E-state index contributed by atoms with van der Waals surface area (Å²) in [6.07, 6.45) is -0.418. The fourth-order valence-electron chi connectivity index (χ4n) is 3.72. The van der Waals surface area contributed by atoms with Gasteiger partial charge in [0.2, 0.25) is 11.8 Å². The van der Waals surface area contributed by atoms with Gasteiger partial charge in [0.15, 0.2) is 0 Å². The van der Waals surface area contributed by atoms with Crippen LogP contribution in [0.2, 0.25) is 0 Å². The van der Waals surface area contributed by atoms with E-state index in [0.717, 1.165) is 12.8 Å². The summed E-state index contributed by atoms with van der Waals surface area (Å²) >= 11 is 0. The number of carbonyl (C=O) groups excluding carboxylic acids is 2. The van der Waals surface area contributed by atoms with Crippen LogP contribution in [0.3, 0.4) is 0 Å². The van der Waals surface area contributed by atoms with Crippen LogP contribution in [-0.4, -0.2) is 42.0 Å². The molecule has 2 aliphatic rings. The van der Waals surface area contributed by atoms with Crippen LogP contribution in [-0.2, 0) is 9.59 Å². The Morgan fingerprint density at radius 2 is 1.79 bits per heavy atom. The average molecular weight is 348 g/mol. The van der Waals surface area contributed by atoms with Crippen LogP contribution in [0.5, 0.6) is 0 Å². The molecule has 1 saturated carbocycles. The van der Waals surface area contributed by atoms with Crippen LogP contribution in [0.25, 0.3) is 0 Å². The van der Waals surface area contributed by atoms with Crippen LogP contribution in [0, 0.1) is 11.8 Å². The molecule has 2 amide bonds. The first-order valence-corrected chi connectivity index (χ1v) is 8.93. The summed E-state index contributed by atoms with van der Waals surface area (Å²) in [6, 6.07) is -0.00360. The molecule has 1 atom stereocenters. The van der Waals surface area contributed by atoms with Crippen molar-refractivity contribution in [3.05, 3.63) is 0 Å². The number of nitrogens with zero attached hydrogens (tertiary/aromatic N) is 1. The van der Waals surface area contributed by atoms with E-state index in [9.17, 15) is 22.8 Å². The third kappa shape index (κ3) is 5.38. The van der Waals surface area contributed by atoms with Crippen molar-refractivity contribution in [3.8, 4) is 0 Å². The molecule has 1 N–H and O–H groups in total. The zero-order valence-corrected chi connectivity index (χ0v) is 14.2. The van der Waals surface area contributed by atoms with E-state index < -0.39 is 12.1 Å². The quantitative estimate of drug-likeness (QED) is 0.848. The second kappa shape index (κ2) is 8.21. The highest BCUT2D eigenvalue weighted by molar-refractivity contribution is 5.77. The van der Waals surface area contributed by atoms with Crippen molar-refractivity contribution in [2.24, 2.45) is 11.8 Å². The Kier molecular flexibility index (Phi) is 6.52. The highest BCUT2D eigenvalue weighted by atomic mass is 19.4. The van der Waals surface area contributed by atoms with Gasteiger partial charge in [0, 0.05) is 32.0 Å². The Hall–Kier alpha value is -1.27. The van der Waals surface area contributed by atoms with Crippen LogP contribution in [0.15, 0.2) is 0 Å². The van der Waals surface area contributed by atoms with Gasteiger partial charge in [-0.1, -0.05) is 6.92 Å². The van der Waals surface area contributed by atoms with Gasteiger partial charge in [-0.2, -0.15) is 13.2 Å². The molecule has 1 saturated heterocycles. The molecular formula is C17H27F3N2O2. The normalized spacial score (nSPS) is 28.5. The molecule has 7 heteroatoms. The molecular weight excluding hydrogens is 321 g/mol. The van der Waals surface area contributed by atoms with E-state index >= 15 is 0 Å². The minimum Gasteiger partial charge on any atom is -0.352 e. The van der Waals surface area contributed by atoms with E-state index in [1.165, 1.54) is 0 Å². The summed E-state index contributed by atoms with van der Waals surface area (Å²) in [5.74, 6) is -1.14. The van der Waals surface area contributed by atoms with Gasteiger partial charge in [0.25, 0.3) is 0 Å². The zero-order valence-electron chi connectivity index (χ0n) is 14.2. The van der Waals surface area contributed by atoms with Gasteiger partial charge in [-0.05, 0) is 44.4 Å². The lowest BCUT2D eigenvalue weighted by molar-refractivity contribution is -0.184. The van der Waals surface area contributed by atoms with Gasteiger partial charge in [-0.15, -0.1) is 0 Å². The largest absolute Gasteiger partial charge is 0.391 e. The second-order valence-corrected chi connectivity index (χ2v) is 7.06. The van der Waals surface area contributed by atoms with E-state index in [2.05, 4.69) is 5.32 Å². The SMILES string of the molecule is CCC(=O)N[C@@H]1CCCN(C(=O)CC2CCC(C(F)(F)F)CC2)C1. The molecule has 2 rings (SSSR count). The molecule has 0 aromatic rings. The molecule has 4 nitrogen and oxygen atoms in total. The van der Waals surface area contributed by atoms with Gasteiger partial charge < -0.3 is 10.2 Å². The average Bonchev–Trinajstić information content (AvgIpc) is 2.54. The number of amides is 2. The third-order valence-corrected chi connectivity index (χ3v) is 5.23. The molecule has 1 heterocycles. The van der Waals surface area contributed by atoms with Crippen LogP contribution < -0.4 is 5.32 Å². The summed E-state index contributed by atoms with van der Waals surface area (Å²) in [5.41, 5.74) is 0. The maximum Gasteiger partial charge on any atom is 0.391 e. The molecule has 24 heavy (non-hydrogen) atoms. The first kappa shape index (κ1) is 19.1. The predicted octanol–water partition coefficient (Wildman–Crippen LogP) is 3.26. The topological polar surface area (TPSA) is 49.4 Å². The Morgan fingerprint density at radius 3 is 2.38 bits per heavy atom. The Bertz CT molecular complexity index is 446. The Labute approximate surface area is 141 Å². The highest BCUT2D eigenvalue weighted by Crippen LogP contribution is 2.40. The number of alkyl halides is 3. The lowest BCUT2D eigenvalue weighted by Crippen LogP contribution is -2.49. The van der Waals surface area contributed by atoms with Gasteiger partial charge >= 0.3 is 6.18 Å². The van der Waals surface area contributed by atoms with Crippen molar-refractivity contribution in [3.63, 3.8) is 0 Å². The molecule has 138 valence electrons. The number of carbonyl (C=O) groups is 2. The first-order chi connectivity index (χ1) is 11.3. The third-order valence-electron chi connectivity index (χ3n) is 5.23. The van der Waals surface area contributed by atoms with Gasteiger partial charge in [0.1, 0.15) is 0 Å². The van der Waals surface area contributed by atoms with Crippen LogP contribution in [0.4, 0.5) is 13.2 Å². The fourth-order valence-corrected chi connectivity index (χ4v) is 3.72. The summed E-state index contributed by atoms with van der Waals surface area (Å²) < 4.78 is 38.1. The van der Waals surface area contributed by atoms with Crippen molar-refractivity contribution in [2.45, 2.75) is 70.5 Å². The summed E-state index contributed by atoms with van der Waals surface area (Å²) in [7, 11) is 0. The minimum absolute atomic E-state index is 0.00360. The zero-order chi connectivity index (χ0) is 17.7. The van der Waals surface area contributed by atoms with Crippen LogP contribution >= 0.6 is 0 Å². The lowest BCUT2D eigenvalue weighted by Gasteiger charge is -2.35. The second-order valence-electron chi connectivity index (χ2n) is 7.06. The van der Waals surface area contributed by atoms with Crippen molar-refractivity contribution in [2.75, 3.05) is 13.1 Å². The molecule has 0 unspecified atom stereocenters. The van der Waals surface area contributed by atoms with E-state index in [0.29, 0.717) is 38.8 Å². The molecule has 0 radical (unpaired) electrons. The summed E-state index contributed by atoms with van der Waals surface area (Å²) in [4.78, 5) is 25.7.